The summed E-state index contributed by atoms with van der Waals surface area (Å²) in [5.74, 6) is -2.76. The summed E-state index contributed by atoms with van der Waals surface area (Å²) in [5, 5.41) is 1.47. The van der Waals surface area contributed by atoms with Crippen LogP contribution in [-0.4, -0.2) is 72.2 Å². The zero-order chi connectivity index (χ0) is 31.1. The lowest BCUT2D eigenvalue weighted by atomic mass is 9.97. The van der Waals surface area contributed by atoms with Crippen LogP contribution < -0.4 is 0 Å². The highest BCUT2D eigenvalue weighted by Gasteiger charge is 2.37. The van der Waals surface area contributed by atoms with Crippen molar-refractivity contribution in [3.05, 3.63) is 106 Å². The van der Waals surface area contributed by atoms with E-state index in [0.29, 0.717) is 40.8 Å². The number of rotatable bonds is 8. The lowest BCUT2D eigenvalue weighted by Gasteiger charge is -2.14. The molecule has 6 rings (SSSR count). The number of carbonyl (C=O) groups is 6. The largest absolute Gasteiger partial charge is 0.465 e. The van der Waals surface area contributed by atoms with Gasteiger partial charge in [0, 0.05) is 6.54 Å². The minimum atomic E-state index is -0.620. The van der Waals surface area contributed by atoms with Crippen LogP contribution in [0.4, 0.5) is 0 Å². The van der Waals surface area contributed by atoms with Gasteiger partial charge in [-0.3, -0.25) is 29.0 Å². The molecule has 2 aliphatic heterocycles. The van der Waals surface area contributed by atoms with Gasteiger partial charge in [-0.1, -0.05) is 31.2 Å². The van der Waals surface area contributed by atoms with Gasteiger partial charge in [-0.2, -0.15) is 0 Å². The predicted molar refractivity (Wildman–Crippen MR) is 158 cm³/mol. The van der Waals surface area contributed by atoms with Gasteiger partial charge in [0.05, 0.1) is 47.0 Å². The van der Waals surface area contributed by atoms with Crippen LogP contribution in [0.15, 0.2) is 72.8 Å². The lowest BCUT2D eigenvalue weighted by molar-refractivity contribution is 0.0420. The van der Waals surface area contributed by atoms with E-state index in [-0.39, 0.29) is 41.7 Å². The van der Waals surface area contributed by atoms with E-state index in [2.05, 4.69) is 0 Å². The standard InChI is InChI=1S/C34H26N2O8/c1-3-12-35-29(37)25-10-8-21(17-27(25)31(35)39)22-9-11-26-28(18-22)32(40)36(30(26)38)13-14-44-34(42)24-7-5-19-15-23(33(41)43-2)6-4-20(19)16-24/h4-11,15-18H,3,12-14H2,1-2H3. The normalized spacial score (nSPS) is 13.9. The Hall–Kier alpha value is -5.64. The summed E-state index contributed by atoms with van der Waals surface area (Å²) in [4.78, 5) is 78.4. The number of hydrogen-bond donors (Lipinski definition) is 0. The van der Waals surface area contributed by atoms with E-state index in [0.717, 1.165) is 15.7 Å². The third kappa shape index (κ3) is 4.80. The number of carbonyl (C=O) groups excluding carboxylic acids is 6. The number of amides is 4. The molecule has 0 spiro atoms. The Morgan fingerprint density at radius 3 is 1.57 bits per heavy atom. The molecule has 0 saturated heterocycles. The van der Waals surface area contributed by atoms with E-state index in [1.54, 1.807) is 72.8 Å². The highest BCUT2D eigenvalue weighted by Crippen LogP contribution is 2.32. The Balaban J connectivity index is 1.13. The fourth-order valence-electron chi connectivity index (χ4n) is 5.50. The number of benzene rings is 4. The Morgan fingerprint density at radius 2 is 1.07 bits per heavy atom. The van der Waals surface area contributed by atoms with Gasteiger partial charge in [0.25, 0.3) is 23.6 Å². The molecule has 4 aromatic carbocycles. The second-order valence-electron chi connectivity index (χ2n) is 10.4. The third-order valence-corrected chi connectivity index (χ3v) is 7.77. The quantitative estimate of drug-likeness (QED) is 0.213. The molecule has 0 unspecified atom stereocenters. The molecule has 2 aliphatic rings. The Bertz CT molecular complexity index is 1930. The number of fused-ring (bicyclic) bond motifs is 3. The van der Waals surface area contributed by atoms with E-state index in [1.807, 2.05) is 6.92 Å². The van der Waals surface area contributed by atoms with E-state index in [9.17, 15) is 28.8 Å². The molecule has 10 nitrogen and oxygen atoms in total. The Kier molecular flexibility index (Phi) is 7.26. The van der Waals surface area contributed by atoms with Crippen molar-refractivity contribution in [3.63, 3.8) is 0 Å². The highest BCUT2D eigenvalue weighted by atomic mass is 16.5. The predicted octanol–water partition coefficient (Wildman–Crippen LogP) is 4.75. The average molecular weight is 591 g/mol. The van der Waals surface area contributed by atoms with Crippen molar-refractivity contribution < 1.29 is 38.2 Å². The van der Waals surface area contributed by atoms with Crippen LogP contribution >= 0.6 is 0 Å². The molecule has 4 amide bonds. The maximum absolute atomic E-state index is 13.2. The van der Waals surface area contributed by atoms with Gasteiger partial charge in [0.2, 0.25) is 0 Å². The maximum atomic E-state index is 13.2. The van der Waals surface area contributed by atoms with Crippen LogP contribution in [-0.2, 0) is 9.47 Å². The number of nitrogens with zero attached hydrogens (tertiary/aromatic N) is 2. The number of ether oxygens (including phenoxy) is 2. The van der Waals surface area contributed by atoms with Crippen molar-refractivity contribution in [2.45, 2.75) is 13.3 Å². The minimum Gasteiger partial charge on any atom is -0.465 e. The van der Waals surface area contributed by atoms with Crippen molar-refractivity contribution >= 4 is 46.3 Å². The summed E-state index contributed by atoms with van der Waals surface area (Å²) in [6.07, 6.45) is 0.652. The van der Waals surface area contributed by atoms with E-state index < -0.39 is 23.8 Å². The fourth-order valence-corrected chi connectivity index (χ4v) is 5.50. The molecule has 0 saturated carbocycles. The van der Waals surface area contributed by atoms with Gasteiger partial charge in [-0.25, -0.2) is 9.59 Å². The summed E-state index contributed by atoms with van der Waals surface area (Å²) >= 11 is 0. The molecule has 0 radical (unpaired) electrons. The minimum absolute atomic E-state index is 0.133. The van der Waals surface area contributed by atoms with Gasteiger partial charge in [-0.15, -0.1) is 0 Å². The number of imide groups is 2. The van der Waals surface area contributed by atoms with Gasteiger partial charge < -0.3 is 9.47 Å². The van der Waals surface area contributed by atoms with Crippen LogP contribution in [0, 0.1) is 0 Å². The summed E-state index contributed by atoms with van der Waals surface area (Å²) in [6.45, 7) is 1.89. The van der Waals surface area contributed by atoms with Crippen LogP contribution in [0.5, 0.6) is 0 Å². The first-order chi connectivity index (χ1) is 21.2. The number of methoxy groups -OCH3 is 1. The number of hydrogen-bond acceptors (Lipinski definition) is 8. The second kappa shape index (κ2) is 11.2. The Labute approximate surface area is 251 Å². The van der Waals surface area contributed by atoms with Crippen molar-refractivity contribution in [1.29, 1.82) is 0 Å². The van der Waals surface area contributed by atoms with Crippen LogP contribution in [0.3, 0.4) is 0 Å². The summed E-state index contributed by atoms with van der Waals surface area (Å²) in [7, 11) is 1.30. The van der Waals surface area contributed by atoms with E-state index >= 15 is 0 Å². The maximum Gasteiger partial charge on any atom is 0.338 e. The van der Waals surface area contributed by atoms with E-state index in [4.69, 9.17) is 9.47 Å². The molecule has 0 N–H and O–H groups in total. The first kappa shape index (κ1) is 28.5. The molecule has 44 heavy (non-hydrogen) atoms. The summed E-state index contributed by atoms with van der Waals surface area (Å²) in [6, 6.07) is 19.6. The van der Waals surface area contributed by atoms with Gasteiger partial charge in [0.1, 0.15) is 6.61 Å². The van der Waals surface area contributed by atoms with Crippen LogP contribution in [0.1, 0.15) is 75.5 Å². The van der Waals surface area contributed by atoms with Crippen molar-refractivity contribution in [3.8, 4) is 11.1 Å². The molecule has 0 aliphatic carbocycles. The molecule has 10 heteroatoms. The molecular weight excluding hydrogens is 564 g/mol. The highest BCUT2D eigenvalue weighted by molar-refractivity contribution is 6.23. The molecule has 4 aromatic rings. The van der Waals surface area contributed by atoms with Gasteiger partial charge in [0.15, 0.2) is 0 Å². The summed E-state index contributed by atoms with van der Waals surface area (Å²) in [5.41, 5.74) is 3.01. The Morgan fingerprint density at radius 1 is 0.591 bits per heavy atom. The molecular formula is C34H26N2O8. The number of esters is 2. The smallest absolute Gasteiger partial charge is 0.338 e. The molecule has 0 atom stereocenters. The second-order valence-corrected chi connectivity index (χ2v) is 10.4. The average Bonchev–Trinajstić information content (AvgIpc) is 3.43. The van der Waals surface area contributed by atoms with Gasteiger partial charge >= 0.3 is 11.9 Å². The van der Waals surface area contributed by atoms with Crippen molar-refractivity contribution in [2.75, 3.05) is 26.8 Å². The first-order valence-corrected chi connectivity index (χ1v) is 14.0. The molecule has 0 fully saturated rings. The zero-order valence-corrected chi connectivity index (χ0v) is 23.9. The fraction of sp³-hybridized carbons (Fsp3) is 0.176. The SMILES string of the molecule is CCCN1C(=O)c2ccc(-c3ccc4c(c3)C(=O)N(CCOC(=O)c3ccc5cc(C(=O)OC)ccc5c3)C4=O)cc2C1=O. The molecule has 2 heterocycles. The summed E-state index contributed by atoms with van der Waals surface area (Å²) < 4.78 is 10.1. The van der Waals surface area contributed by atoms with Gasteiger partial charge in [-0.05, 0) is 76.9 Å². The van der Waals surface area contributed by atoms with Crippen molar-refractivity contribution in [2.24, 2.45) is 0 Å². The molecule has 0 aromatic heterocycles. The first-order valence-electron chi connectivity index (χ1n) is 14.0. The van der Waals surface area contributed by atoms with E-state index in [1.165, 1.54) is 12.0 Å². The third-order valence-electron chi connectivity index (χ3n) is 7.77. The monoisotopic (exact) mass is 590 g/mol. The zero-order valence-electron chi connectivity index (χ0n) is 23.9. The van der Waals surface area contributed by atoms with Crippen LogP contribution in [0.2, 0.25) is 0 Å². The van der Waals surface area contributed by atoms with Crippen molar-refractivity contribution in [1.82, 2.24) is 9.80 Å². The topological polar surface area (TPSA) is 127 Å². The lowest BCUT2D eigenvalue weighted by Crippen LogP contribution is -2.33. The van der Waals surface area contributed by atoms with Crippen LogP contribution in [0.25, 0.3) is 21.9 Å². The molecule has 0 bridgehead atoms. The molecule has 220 valence electrons.